The van der Waals surface area contributed by atoms with E-state index < -0.39 is 42.0 Å². The number of hydrogen-bond acceptors (Lipinski definition) is 4. The second kappa shape index (κ2) is 11.6. The predicted octanol–water partition coefficient (Wildman–Crippen LogP) is 5.68. The van der Waals surface area contributed by atoms with Crippen LogP contribution in [0.25, 0.3) is 11.0 Å². The van der Waals surface area contributed by atoms with Gasteiger partial charge in [0.25, 0.3) is 0 Å². The molecule has 1 N–H and O–H groups in total. The Labute approximate surface area is 232 Å². The summed E-state index contributed by atoms with van der Waals surface area (Å²) in [6.07, 6.45) is -4.70. The summed E-state index contributed by atoms with van der Waals surface area (Å²) in [7, 11) is 0. The maximum absolute atomic E-state index is 14.0. The summed E-state index contributed by atoms with van der Waals surface area (Å²) in [6.45, 7) is -0.337. The third kappa shape index (κ3) is 6.24. The van der Waals surface area contributed by atoms with Crippen molar-refractivity contribution in [3.8, 4) is 0 Å². The average molecular weight is 562 g/mol. The van der Waals surface area contributed by atoms with Gasteiger partial charge in [0.05, 0.1) is 11.1 Å². The lowest BCUT2D eigenvalue weighted by molar-refractivity contribution is -0.137. The fourth-order valence-electron chi connectivity index (χ4n) is 4.45. The number of benzene rings is 4. The van der Waals surface area contributed by atoms with Gasteiger partial charge in [0.2, 0.25) is 11.8 Å². The van der Waals surface area contributed by atoms with Crippen molar-refractivity contribution in [2.75, 3.05) is 4.90 Å². The van der Waals surface area contributed by atoms with Gasteiger partial charge < -0.3 is 5.32 Å². The minimum atomic E-state index is -4.70. The second-order valence-electron chi connectivity index (χ2n) is 9.21. The molecule has 1 atom stereocenters. The Kier molecular flexibility index (Phi) is 7.77. The van der Waals surface area contributed by atoms with Gasteiger partial charge in [-0.15, -0.1) is 5.10 Å². The van der Waals surface area contributed by atoms with Crippen LogP contribution in [-0.4, -0.2) is 26.8 Å². The molecule has 208 valence electrons. The number of rotatable bonds is 8. The number of carbonyl (C=O) groups excluding carboxylic acids is 2. The van der Waals surface area contributed by atoms with E-state index in [9.17, 15) is 27.2 Å². The van der Waals surface area contributed by atoms with Crippen LogP contribution in [0.2, 0.25) is 0 Å². The quantitative estimate of drug-likeness (QED) is 0.247. The number of alkyl halides is 3. The molecule has 5 aromatic rings. The largest absolute Gasteiger partial charge is 0.416 e. The van der Waals surface area contributed by atoms with E-state index in [-0.39, 0.29) is 17.8 Å². The molecule has 0 fully saturated rings. The normalized spacial score (nSPS) is 12.2. The Balaban J connectivity index is 1.59. The summed E-state index contributed by atoms with van der Waals surface area (Å²) in [6, 6.07) is 23.4. The summed E-state index contributed by atoms with van der Waals surface area (Å²) in [4.78, 5) is 28.7. The number of carbonyl (C=O) groups is 2. The standard InChI is InChI=1S/C30H23F4N5O2/c31-23-15-13-21(14-16-23)28(29(41)35-18-20-7-2-1-3-8-20)39(24-10-6-9-22(17-24)30(32,33)34)27(40)19-38-26-12-5-4-11-25(26)36-37-38/h1-17,28H,18-19H2,(H,35,41)/t28-/m1/s1. The molecule has 41 heavy (non-hydrogen) atoms. The van der Waals surface area contributed by atoms with Crippen molar-refractivity contribution in [1.29, 1.82) is 0 Å². The first-order valence-corrected chi connectivity index (χ1v) is 12.6. The maximum Gasteiger partial charge on any atom is 0.416 e. The first-order valence-electron chi connectivity index (χ1n) is 12.6. The van der Waals surface area contributed by atoms with E-state index >= 15 is 0 Å². The predicted molar refractivity (Wildman–Crippen MR) is 144 cm³/mol. The molecule has 1 aromatic heterocycles. The highest BCUT2D eigenvalue weighted by Crippen LogP contribution is 2.35. The summed E-state index contributed by atoms with van der Waals surface area (Å²) < 4.78 is 56.3. The number of para-hydroxylation sites is 1. The molecule has 0 radical (unpaired) electrons. The lowest BCUT2D eigenvalue weighted by Gasteiger charge is -2.32. The Morgan fingerprint density at radius 3 is 2.32 bits per heavy atom. The molecule has 7 nitrogen and oxygen atoms in total. The summed E-state index contributed by atoms with van der Waals surface area (Å²) in [5, 5.41) is 10.8. The van der Waals surface area contributed by atoms with E-state index in [0.29, 0.717) is 11.0 Å². The van der Waals surface area contributed by atoms with Crippen LogP contribution in [0.5, 0.6) is 0 Å². The molecule has 0 bridgehead atoms. The Morgan fingerprint density at radius 1 is 0.878 bits per heavy atom. The monoisotopic (exact) mass is 561 g/mol. The molecule has 0 spiro atoms. The highest BCUT2D eigenvalue weighted by Gasteiger charge is 2.36. The third-order valence-corrected chi connectivity index (χ3v) is 6.43. The summed E-state index contributed by atoms with van der Waals surface area (Å²) in [5.41, 5.74) is 0.842. The summed E-state index contributed by atoms with van der Waals surface area (Å²) in [5.74, 6) is -1.98. The van der Waals surface area contributed by atoms with Crippen LogP contribution in [0.3, 0.4) is 0 Å². The SMILES string of the molecule is O=C(NCc1ccccc1)[C@@H](c1ccc(F)cc1)N(C(=O)Cn1nnc2ccccc21)c1cccc(C(F)(F)F)c1. The van der Waals surface area contributed by atoms with Crippen LogP contribution in [0.15, 0.2) is 103 Å². The lowest BCUT2D eigenvalue weighted by atomic mass is 10.0. The number of amides is 2. The molecule has 0 aliphatic carbocycles. The first kappa shape index (κ1) is 27.5. The number of halogens is 4. The number of nitrogens with zero attached hydrogens (tertiary/aromatic N) is 4. The topological polar surface area (TPSA) is 80.1 Å². The number of aromatic nitrogens is 3. The maximum atomic E-state index is 14.0. The Morgan fingerprint density at radius 2 is 1.59 bits per heavy atom. The Bertz CT molecular complexity index is 1670. The molecule has 11 heteroatoms. The van der Waals surface area contributed by atoms with Gasteiger partial charge in [-0.2, -0.15) is 13.2 Å². The lowest BCUT2D eigenvalue weighted by Crippen LogP contribution is -2.45. The van der Waals surface area contributed by atoms with Crippen molar-refractivity contribution < 1.29 is 27.2 Å². The number of anilines is 1. The van der Waals surface area contributed by atoms with Gasteiger partial charge in [-0.25, -0.2) is 9.07 Å². The zero-order chi connectivity index (χ0) is 29.0. The molecular formula is C30H23F4N5O2. The minimum absolute atomic E-state index is 0.0930. The van der Waals surface area contributed by atoms with Gasteiger partial charge in [-0.3, -0.25) is 14.5 Å². The van der Waals surface area contributed by atoms with Gasteiger partial charge in [0.15, 0.2) is 0 Å². The van der Waals surface area contributed by atoms with E-state index in [1.165, 1.54) is 22.9 Å². The zero-order valence-electron chi connectivity index (χ0n) is 21.4. The van der Waals surface area contributed by atoms with Gasteiger partial charge in [-0.1, -0.05) is 65.9 Å². The fraction of sp³-hybridized carbons (Fsp3) is 0.133. The van der Waals surface area contributed by atoms with Crippen LogP contribution in [0.4, 0.5) is 23.2 Å². The van der Waals surface area contributed by atoms with E-state index in [0.717, 1.165) is 40.8 Å². The summed E-state index contributed by atoms with van der Waals surface area (Å²) >= 11 is 0. The number of hydrogen-bond donors (Lipinski definition) is 1. The third-order valence-electron chi connectivity index (χ3n) is 6.43. The molecule has 0 unspecified atom stereocenters. The van der Waals surface area contributed by atoms with Crippen LogP contribution >= 0.6 is 0 Å². The van der Waals surface area contributed by atoms with Crippen LogP contribution in [-0.2, 0) is 28.9 Å². The Hall–Kier alpha value is -5.06. The van der Waals surface area contributed by atoms with Gasteiger partial charge in [0.1, 0.15) is 23.9 Å². The van der Waals surface area contributed by atoms with Gasteiger partial charge in [0, 0.05) is 12.2 Å². The van der Waals surface area contributed by atoms with E-state index in [1.54, 1.807) is 48.5 Å². The highest BCUT2D eigenvalue weighted by molar-refractivity contribution is 6.01. The molecule has 0 aliphatic rings. The van der Waals surface area contributed by atoms with Crippen LogP contribution < -0.4 is 10.2 Å². The fourth-order valence-corrected chi connectivity index (χ4v) is 4.45. The second-order valence-corrected chi connectivity index (χ2v) is 9.21. The van der Waals surface area contributed by atoms with Crippen molar-refractivity contribution in [1.82, 2.24) is 20.3 Å². The molecule has 2 amide bonds. The van der Waals surface area contributed by atoms with Gasteiger partial charge >= 0.3 is 6.18 Å². The zero-order valence-corrected chi connectivity index (χ0v) is 21.4. The molecule has 5 rings (SSSR count). The number of fused-ring (bicyclic) bond motifs is 1. The van der Waals surface area contributed by atoms with Crippen molar-refractivity contribution in [2.24, 2.45) is 0 Å². The van der Waals surface area contributed by atoms with E-state index in [1.807, 2.05) is 6.07 Å². The molecular weight excluding hydrogens is 538 g/mol. The molecule has 0 saturated carbocycles. The first-order chi connectivity index (χ1) is 19.7. The van der Waals surface area contributed by atoms with Crippen molar-refractivity contribution >= 4 is 28.5 Å². The van der Waals surface area contributed by atoms with Crippen LogP contribution in [0.1, 0.15) is 22.7 Å². The molecule has 1 heterocycles. The number of nitrogens with one attached hydrogen (secondary N) is 1. The van der Waals surface area contributed by atoms with Crippen molar-refractivity contribution in [3.63, 3.8) is 0 Å². The minimum Gasteiger partial charge on any atom is -0.350 e. The van der Waals surface area contributed by atoms with E-state index in [4.69, 9.17) is 0 Å². The average Bonchev–Trinajstić information content (AvgIpc) is 3.38. The molecule has 0 aliphatic heterocycles. The van der Waals surface area contributed by atoms with E-state index in [2.05, 4.69) is 15.6 Å². The van der Waals surface area contributed by atoms with Crippen LogP contribution in [0, 0.1) is 5.82 Å². The highest BCUT2D eigenvalue weighted by atomic mass is 19.4. The van der Waals surface area contributed by atoms with Crippen molar-refractivity contribution in [2.45, 2.75) is 25.3 Å². The molecule has 4 aromatic carbocycles. The molecule has 0 saturated heterocycles. The smallest absolute Gasteiger partial charge is 0.350 e. The van der Waals surface area contributed by atoms with Crippen molar-refractivity contribution in [3.05, 3.63) is 126 Å². The van der Waals surface area contributed by atoms with Gasteiger partial charge in [-0.05, 0) is 53.6 Å².